The number of rotatable bonds is 4. The van der Waals surface area contributed by atoms with Gasteiger partial charge >= 0.3 is 0 Å². The molecule has 2 aromatic rings. The minimum Gasteiger partial charge on any atom is -0.493 e. The van der Waals surface area contributed by atoms with E-state index in [1.54, 1.807) is 6.07 Å². The fourth-order valence-corrected chi connectivity index (χ4v) is 4.71. The average molecular weight is 343 g/mol. The normalized spacial score (nSPS) is 19.4. The van der Waals surface area contributed by atoms with Crippen LogP contribution < -0.4 is 9.46 Å². The van der Waals surface area contributed by atoms with Crippen LogP contribution in [0.15, 0.2) is 47.4 Å². The summed E-state index contributed by atoms with van der Waals surface area (Å²) in [5.74, 6) is 1.07. The van der Waals surface area contributed by atoms with Crippen molar-refractivity contribution in [3.05, 3.63) is 59.2 Å². The van der Waals surface area contributed by atoms with Gasteiger partial charge in [-0.1, -0.05) is 24.3 Å². The van der Waals surface area contributed by atoms with Gasteiger partial charge < -0.3 is 4.74 Å². The second-order valence-corrected chi connectivity index (χ2v) is 8.39. The molecule has 0 fully saturated rings. The molecule has 0 saturated carbocycles. The Bertz CT molecular complexity index is 861. The molecule has 5 heteroatoms. The first kappa shape index (κ1) is 15.7. The van der Waals surface area contributed by atoms with Crippen LogP contribution in [-0.4, -0.2) is 21.6 Å². The van der Waals surface area contributed by atoms with Crippen molar-refractivity contribution in [1.29, 1.82) is 0 Å². The van der Waals surface area contributed by atoms with Crippen LogP contribution in [0, 0.1) is 5.92 Å². The summed E-state index contributed by atoms with van der Waals surface area (Å²) < 4.78 is 33.6. The van der Waals surface area contributed by atoms with Crippen molar-refractivity contribution >= 4 is 10.0 Å². The lowest BCUT2D eigenvalue weighted by atomic mass is 9.97. The summed E-state index contributed by atoms with van der Waals surface area (Å²) in [6.45, 7) is 0.942. The van der Waals surface area contributed by atoms with Crippen LogP contribution in [0.5, 0.6) is 5.75 Å². The molecule has 0 saturated heterocycles. The zero-order valence-electron chi connectivity index (χ0n) is 13.5. The molecular formula is C19H21NO3S. The summed E-state index contributed by atoms with van der Waals surface area (Å²) in [5, 5.41) is 0. The van der Waals surface area contributed by atoms with Crippen LogP contribution in [0.4, 0.5) is 0 Å². The third-order valence-electron chi connectivity index (χ3n) is 4.90. The highest BCUT2D eigenvalue weighted by Crippen LogP contribution is 2.27. The molecule has 0 bridgehead atoms. The first-order chi connectivity index (χ1) is 11.6. The van der Waals surface area contributed by atoms with E-state index < -0.39 is 10.0 Å². The summed E-state index contributed by atoms with van der Waals surface area (Å²) in [5.41, 5.74) is 3.60. The van der Waals surface area contributed by atoms with Crippen molar-refractivity contribution in [2.45, 2.75) is 30.6 Å². The molecule has 0 aromatic heterocycles. The Kier molecular flexibility index (Phi) is 4.06. The molecule has 4 rings (SSSR count). The summed E-state index contributed by atoms with van der Waals surface area (Å²) in [7, 11) is -3.46. The number of nitrogens with one attached hydrogen (secondary N) is 1. The number of fused-ring (bicyclic) bond motifs is 2. The SMILES string of the molecule is O=S(=O)(NC[C@@H]1COc2ccccc2C1)c1ccc2c(c1)CCC2. The summed E-state index contributed by atoms with van der Waals surface area (Å²) in [6.07, 6.45) is 3.99. The van der Waals surface area contributed by atoms with E-state index in [0.717, 1.165) is 37.0 Å². The molecule has 24 heavy (non-hydrogen) atoms. The monoisotopic (exact) mass is 343 g/mol. The topological polar surface area (TPSA) is 55.4 Å². The van der Waals surface area contributed by atoms with Crippen molar-refractivity contribution in [2.75, 3.05) is 13.2 Å². The second-order valence-electron chi connectivity index (χ2n) is 6.62. The van der Waals surface area contributed by atoms with E-state index in [1.165, 1.54) is 11.1 Å². The third-order valence-corrected chi connectivity index (χ3v) is 6.32. The van der Waals surface area contributed by atoms with Gasteiger partial charge in [-0.25, -0.2) is 13.1 Å². The fraction of sp³-hybridized carbons (Fsp3) is 0.368. The lowest BCUT2D eigenvalue weighted by Crippen LogP contribution is -2.34. The maximum Gasteiger partial charge on any atom is 0.240 e. The standard InChI is InChI=1S/C19H21NO3S/c21-24(22,18-9-8-15-5-3-6-16(15)11-18)20-12-14-10-17-4-1-2-7-19(17)23-13-14/h1-2,4,7-9,11,14,20H,3,5-6,10,12-13H2/t14-/m1/s1. The highest BCUT2D eigenvalue weighted by atomic mass is 32.2. The summed E-state index contributed by atoms with van der Waals surface area (Å²) in [4.78, 5) is 0.375. The summed E-state index contributed by atoms with van der Waals surface area (Å²) in [6, 6.07) is 13.4. The van der Waals surface area contributed by atoms with Gasteiger partial charge in [-0.3, -0.25) is 0 Å². The largest absolute Gasteiger partial charge is 0.493 e. The van der Waals surface area contributed by atoms with Crippen LogP contribution in [0.25, 0.3) is 0 Å². The highest BCUT2D eigenvalue weighted by molar-refractivity contribution is 7.89. The Balaban J connectivity index is 1.44. The number of hydrogen-bond donors (Lipinski definition) is 1. The third kappa shape index (κ3) is 3.06. The molecule has 1 heterocycles. The maximum absolute atomic E-state index is 12.6. The molecule has 0 radical (unpaired) electrons. The smallest absolute Gasteiger partial charge is 0.240 e. The Morgan fingerprint density at radius 3 is 2.79 bits per heavy atom. The first-order valence-corrected chi connectivity index (χ1v) is 9.92. The van der Waals surface area contributed by atoms with E-state index in [1.807, 2.05) is 36.4 Å². The van der Waals surface area contributed by atoms with E-state index in [9.17, 15) is 8.42 Å². The van der Waals surface area contributed by atoms with Gasteiger partial charge in [0.1, 0.15) is 5.75 Å². The van der Waals surface area contributed by atoms with Crippen molar-refractivity contribution in [3.63, 3.8) is 0 Å². The fourth-order valence-electron chi connectivity index (χ4n) is 3.55. The van der Waals surface area contributed by atoms with E-state index in [2.05, 4.69) is 4.72 Å². The number of benzene rings is 2. The zero-order valence-corrected chi connectivity index (χ0v) is 14.3. The number of aryl methyl sites for hydroxylation is 2. The van der Waals surface area contributed by atoms with Gasteiger partial charge in [-0.2, -0.15) is 0 Å². The van der Waals surface area contributed by atoms with Gasteiger partial charge in [0.05, 0.1) is 11.5 Å². The van der Waals surface area contributed by atoms with Crippen molar-refractivity contribution in [3.8, 4) is 5.75 Å². The molecular weight excluding hydrogens is 322 g/mol. The quantitative estimate of drug-likeness (QED) is 0.929. The molecule has 0 amide bonds. The molecule has 4 nitrogen and oxygen atoms in total. The Morgan fingerprint density at radius 2 is 1.88 bits per heavy atom. The van der Waals surface area contributed by atoms with Gasteiger partial charge in [-0.15, -0.1) is 0 Å². The molecule has 2 aliphatic rings. The predicted octanol–water partition coefficient (Wildman–Crippen LogP) is 2.70. The van der Waals surface area contributed by atoms with Gasteiger partial charge in [0, 0.05) is 12.5 Å². The predicted molar refractivity (Wildman–Crippen MR) is 92.8 cm³/mol. The van der Waals surface area contributed by atoms with Gasteiger partial charge in [-0.05, 0) is 60.6 Å². The maximum atomic E-state index is 12.6. The van der Waals surface area contributed by atoms with Crippen molar-refractivity contribution in [1.82, 2.24) is 4.72 Å². The minimum absolute atomic E-state index is 0.157. The lowest BCUT2D eigenvalue weighted by molar-refractivity contribution is 0.223. The molecule has 1 atom stereocenters. The average Bonchev–Trinajstić information content (AvgIpc) is 3.07. The van der Waals surface area contributed by atoms with Crippen molar-refractivity contribution in [2.24, 2.45) is 5.92 Å². The van der Waals surface area contributed by atoms with Gasteiger partial charge in [0.2, 0.25) is 10.0 Å². The van der Waals surface area contributed by atoms with Gasteiger partial charge in [0.15, 0.2) is 0 Å². The zero-order chi connectivity index (χ0) is 16.6. The van der Waals surface area contributed by atoms with E-state index >= 15 is 0 Å². The van der Waals surface area contributed by atoms with Crippen molar-refractivity contribution < 1.29 is 13.2 Å². The number of para-hydroxylation sites is 1. The summed E-state index contributed by atoms with van der Waals surface area (Å²) >= 11 is 0. The van der Waals surface area contributed by atoms with Crippen LogP contribution in [0.3, 0.4) is 0 Å². The lowest BCUT2D eigenvalue weighted by Gasteiger charge is -2.25. The Hall–Kier alpha value is -1.85. The Morgan fingerprint density at radius 1 is 1.04 bits per heavy atom. The first-order valence-electron chi connectivity index (χ1n) is 8.44. The molecule has 126 valence electrons. The van der Waals surface area contributed by atoms with E-state index in [-0.39, 0.29) is 5.92 Å². The number of hydrogen-bond acceptors (Lipinski definition) is 3. The molecule has 1 N–H and O–H groups in total. The molecule has 2 aromatic carbocycles. The number of ether oxygens (including phenoxy) is 1. The second kappa shape index (κ2) is 6.22. The molecule has 0 spiro atoms. The van der Waals surface area contributed by atoms with Crippen LogP contribution in [0.1, 0.15) is 23.1 Å². The van der Waals surface area contributed by atoms with E-state index in [4.69, 9.17) is 4.74 Å². The highest BCUT2D eigenvalue weighted by Gasteiger charge is 2.23. The Labute approximate surface area is 142 Å². The molecule has 0 unspecified atom stereocenters. The molecule has 1 aliphatic heterocycles. The van der Waals surface area contributed by atoms with Crippen LogP contribution >= 0.6 is 0 Å². The minimum atomic E-state index is -3.46. The van der Waals surface area contributed by atoms with Gasteiger partial charge in [0.25, 0.3) is 0 Å². The molecule has 1 aliphatic carbocycles. The van der Waals surface area contributed by atoms with Crippen LogP contribution in [0.2, 0.25) is 0 Å². The van der Waals surface area contributed by atoms with Crippen LogP contribution in [-0.2, 0) is 29.3 Å². The number of sulfonamides is 1. The van der Waals surface area contributed by atoms with E-state index in [0.29, 0.717) is 18.0 Å².